The van der Waals surface area contributed by atoms with Gasteiger partial charge in [-0.25, -0.2) is 0 Å². The van der Waals surface area contributed by atoms with Crippen molar-refractivity contribution >= 4 is 5.97 Å². The third-order valence-corrected chi connectivity index (χ3v) is 8.37. The molecule has 0 aromatic heterocycles. The summed E-state index contributed by atoms with van der Waals surface area (Å²) in [7, 11) is 0. The molecule has 140 valence electrons. The van der Waals surface area contributed by atoms with Crippen LogP contribution in [-0.4, -0.2) is 34.5 Å². The molecular formula is C21H32O4. The van der Waals surface area contributed by atoms with E-state index in [0.717, 1.165) is 44.9 Å². The minimum atomic E-state index is -0.431. The fourth-order valence-corrected chi connectivity index (χ4v) is 6.92. The van der Waals surface area contributed by atoms with Gasteiger partial charge in [-0.2, -0.15) is 0 Å². The lowest BCUT2D eigenvalue weighted by Gasteiger charge is -2.58. The Morgan fingerprint density at radius 3 is 2.60 bits per heavy atom. The van der Waals surface area contributed by atoms with Gasteiger partial charge in [-0.15, -0.1) is 0 Å². The molecule has 4 aliphatic rings. The van der Waals surface area contributed by atoms with E-state index in [-0.39, 0.29) is 34.9 Å². The number of aliphatic hydroxyl groups excluding tert-OH is 2. The summed E-state index contributed by atoms with van der Waals surface area (Å²) < 4.78 is 5.46. The fourth-order valence-electron chi connectivity index (χ4n) is 6.92. The molecule has 0 aliphatic heterocycles. The molecule has 4 aliphatic carbocycles. The Hall–Kier alpha value is -0.870. The summed E-state index contributed by atoms with van der Waals surface area (Å²) in [5, 5.41) is 21.5. The van der Waals surface area contributed by atoms with Crippen LogP contribution in [0, 0.1) is 28.6 Å². The first-order chi connectivity index (χ1) is 11.8. The average Bonchev–Trinajstić information content (AvgIpc) is 2.84. The van der Waals surface area contributed by atoms with E-state index in [1.807, 2.05) is 0 Å². The van der Waals surface area contributed by atoms with Crippen molar-refractivity contribution in [3.63, 3.8) is 0 Å². The second-order valence-electron chi connectivity index (χ2n) is 9.50. The third-order valence-electron chi connectivity index (χ3n) is 8.37. The third kappa shape index (κ3) is 2.51. The highest BCUT2D eigenvalue weighted by atomic mass is 16.5. The van der Waals surface area contributed by atoms with E-state index in [0.29, 0.717) is 11.8 Å². The zero-order valence-corrected chi connectivity index (χ0v) is 15.7. The lowest BCUT2D eigenvalue weighted by molar-refractivity contribution is -0.149. The maximum absolute atomic E-state index is 11.3. The quantitative estimate of drug-likeness (QED) is 0.564. The molecule has 0 bridgehead atoms. The van der Waals surface area contributed by atoms with Gasteiger partial charge in [0.25, 0.3) is 0 Å². The van der Waals surface area contributed by atoms with Crippen LogP contribution in [0.25, 0.3) is 0 Å². The normalized spacial score (nSPS) is 51.8. The van der Waals surface area contributed by atoms with Crippen molar-refractivity contribution in [3.05, 3.63) is 11.6 Å². The Balaban J connectivity index is 1.64. The molecule has 0 saturated heterocycles. The number of hydrogen-bond donors (Lipinski definition) is 2. The van der Waals surface area contributed by atoms with Crippen LogP contribution in [0.4, 0.5) is 0 Å². The molecule has 25 heavy (non-hydrogen) atoms. The first-order valence-electron chi connectivity index (χ1n) is 10.0. The molecule has 0 aromatic rings. The number of fused-ring (bicyclic) bond motifs is 5. The summed E-state index contributed by atoms with van der Waals surface area (Å²) in [6.45, 7) is 6.07. The number of carbonyl (C=O) groups excluding carboxylic acids is 1. The first kappa shape index (κ1) is 17.5. The summed E-state index contributed by atoms with van der Waals surface area (Å²) in [6, 6.07) is 0. The van der Waals surface area contributed by atoms with E-state index in [2.05, 4.69) is 19.9 Å². The largest absolute Gasteiger partial charge is 0.462 e. The van der Waals surface area contributed by atoms with Gasteiger partial charge in [0, 0.05) is 13.3 Å². The molecule has 3 saturated carbocycles. The molecule has 0 spiro atoms. The summed E-state index contributed by atoms with van der Waals surface area (Å²) in [5.74, 6) is 0.938. The number of esters is 1. The van der Waals surface area contributed by atoms with Crippen molar-refractivity contribution in [2.24, 2.45) is 28.6 Å². The lowest BCUT2D eigenvalue weighted by atomic mass is 9.47. The smallest absolute Gasteiger partial charge is 0.302 e. The predicted molar refractivity (Wildman–Crippen MR) is 94.7 cm³/mol. The topological polar surface area (TPSA) is 66.8 Å². The Labute approximate surface area is 150 Å². The van der Waals surface area contributed by atoms with Crippen molar-refractivity contribution in [1.82, 2.24) is 0 Å². The molecule has 4 nitrogen and oxygen atoms in total. The van der Waals surface area contributed by atoms with E-state index in [1.54, 1.807) is 0 Å². The number of aliphatic hydroxyl groups is 2. The van der Waals surface area contributed by atoms with Gasteiger partial charge in [-0.05, 0) is 67.1 Å². The number of carbonyl (C=O) groups is 1. The minimum absolute atomic E-state index is 0.0290. The zero-order valence-electron chi connectivity index (χ0n) is 15.7. The van der Waals surface area contributed by atoms with E-state index in [4.69, 9.17) is 4.74 Å². The summed E-state index contributed by atoms with van der Waals surface area (Å²) in [5.41, 5.74) is 1.37. The summed E-state index contributed by atoms with van der Waals surface area (Å²) in [4.78, 5) is 11.3. The molecule has 3 fully saturated rings. The first-order valence-corrected chi connectivity index (χ1v) is 10.0. The van der Waals surface area contributed by atoms with Crippen LogP contribution in [0.1, 0.15) is 65.7 Å². The van der Waals surface area contributed by atoms with Crippen molar-refractivity contribution < 1.29 is 19.7 Å². The van der Waals surface area contributed by atoms with Gasteiger partial charge in [-0.3, -0.25) is 4.79 Å². The van der Waals surface area contributed by atoms with Crippen LogP contribution >= 0.6 is 0 Å². The summed E-state index contributed by atoms with van der Waals surface area (Å²) in [6.07, 6.45) is 8.14. The van der Waals surface area contributed by atoms with Crippen LogP contribution in [0.3, 0.4) is 0 Å². The zero-order chi connectivity index (χ0) is 18.0. The Morgan fingerprint density at radius 2 is 1.88 bits per heavy atom. The van der Waals surface area contributed by atoms with Gasteiger partial charge in [0.15, 0.2) is 0 Å². The van der Waals surface area contributed by atoms with Gasteiger partial charge in [0.1, 0.15) is 6.10 Å². The van der Waals surface area contributed by atoms with Crippen molar-refractivity contribution in [2.75, 3.05) is 0 Å². The maximum Gasteiger partial charge on any atom is 0.302 e. The van der Waals surface area contributed by atoms with Gasteiger partial charge >= 0.3 is 5.97 Å². The highest BCUT2D eigenvalue weighted by molar-refractivity contribution is 5.66. The second-order valence-corrected chi connectivity index (χ2v) is 9.50. The fraction of sp³-hybridized carbons (Fsp3) is 0.857. The molecule has 0 heterocycles. The average molecular weight is 348 g/mol. The predicted octanol–water partition coefficient (Wildman–Crippen LogP) is 3.21. The highest BCUT2D eigenvalue weighted by Gasteiger charge is 2.60. The van der Waals surface area contributed by atoms with Crippen LogP contribution < -0.4 is 0 Å². The molecule has 0 amide bonds. The standard InChI is InChI=1S/C21H32O4/c1-12(22)25-14-6-8-20(2)13(10-14)11-17(23)19-15-4-5-18(24)21(15,3)9-7-16(19)20/h11,14-19,23-24H,4-10H2,1-3H3/t14?,15-,16-,17-,18-,19-,20-,21-/m0/s1. The SMILES string of the molecule is CC(=O)OC1CC[C@@]2(C)C(=C[C@H](O)[C@H]3[C@@H]4CC[C@H](O)[C@@]4(C)CC[C@@H]32)C1. The minimum Gasteiger partial charge on any atom is -0.462 e. The Morgan fingerprint density at radius 1 is 1.12 bits per heavy atom. The molecule has 8 atom stereocenters. The van der Waals surface area contributed by atoms with Crippen LogP contribution in [0.2, 0.25) is 0 Å². The molecular weight excluding hydrogens is 316 g/mol. The number of hydrogen-bond acceptors (Lipinski definition) is 4. The molecule has 2 N–H and O–H groups in total. The Bertz CT molecular complexity index is 599. The molecule has 0 aromatic carbocycles. The number of rotatable bonds is 1. The van der Waals surface area contributed by atoms with E-state index < -0.39 is 6.10 Å². The molecule has 0 radical (unpaired) electrons. The molecule has 1 unspecified atom stereocenters. The van der Waals surface area contributed by atoms with Gasteiger partial charge < -0.3 is 14.9 Å². The van der Waals surface area contributed by atoms with Gasteiger partial charge in [0.2, 0.25) is 0 Å². The molecule has 4 heteroatoms. The van der Waals surface area contributed by atoms with Crippen LogP contribution in [-0.2, 0) is 9.53 Å². The van der Waals surface area contributed by atoms with Gasteiger partial charge in [-0.1, -0.05) is 25.5 Å². The van der Waals surface area contributed by atoms with Crippen molar-refractivity contribution in [1.29, 1.82) is 0 Å². The highest BCUT2D eigenvalue weighted by Crippen LogP contribution is 2.64. The Kier molecular flexibility index (Phi) is 4.08. The molecule has 4 rings (SSSR count). The van der Waals surface area contributed by atoms with E-state index in [9.17, 15) is 15.0 Å². The second kappa shape index (κ2) is 5.82. The van der Waals surface area contributed by atoms with E-state index in [1.165, 1.54) is 12.5 Å². The van der Waals surface area contributed by atoms with Gasteiger partial charge in [0.05, 0.1) is 12.2 Å². The monoisotopic (exact) mass is 348 g/mol. The maximum atomic E-state index is 11.3. The number of ether oxygens (including phenoxy) is 1. The summed E-state index contributed by atoms with van der Waals surface area (Å²) >= 11 is 0. The lowest BCUT2D eigenvalue weighted by Crippen LogP contribution is -2.55. The van der Waals surface area contributed by atoms with Crippen LogP contribution in [0.15, 0.2) is 11.6 Å². The van der Waals surface area contributed by atoms with E-state index >= 15 is 0 Å². The van der Waals surface area contributed by atoms with Crippen molar-refractivity contribution in [2.45, 2.75) is 84.0 Å². The van der Waals surface area contributed by atoms with Crippen molar-refractivity contribution in [3.8, 4) is 0 Å². The van der Waals surface area contributed by atoms with Crippen LogP contribution in [0.5, 0.6) is 0 Å².